The van der Waals surface area contributed by atoms with Crippen LogP contribution in [0.5, 0.6) is 0 Å². The molecule has 0 aliphatic rings. The van der Waals surface area contributed by atoms with Gasteiger partial charge in [-0.25, -0.2) is 0 Å². The number of para-hydroxylation sites is 1. The molecule has 0 aliphatic carbocycles. The topological polar surface area (TPSA) is 67.3 Å². The van der Waals surface area contributed by atoms with Gasteiger partial charge in [0.05, 0.1) is 11.4 Å². The van der Waals surface area contributed by atoms with Gasteiger partial charge in [-0.2, -0.15) is 0 Å². The molecule has 0 saturated heterocycles. The summed E-state index contributed by atoms with van der Waals surface area (Å²) in [5.74, 6) is -0.964. The monoisotopic (exact) mass is 277 g/mol. The fourth-order valence-corrected chi connectivity index (χ4v) is 3.28. The quantitative estimate of drug-likeness (QED) is 0.909. The first-order chi connectivity index (χ1) is 9.08. The Bertz CT molecular complexity index is 622. The lowest BCUT2D eigenvalue weighted by Gasteiger charge is -2.08. The number of aliphatic carboxylic acids is 1. The molecular weight excluding hydrogens is 262 g/mol. The molecule has 1 heterocycles. The summed E-state index contributed by atoms with van der Waals surface area (Å²) in [7, 11) is -1.19. The number of hydrogen-bond acceptors (Lipinski definition) is 3. The highest BCUT2D eigenvalue weighted by molar-refractivity contribution is 7.84. The van der Waals surface area contributed by atoms with E-state index in [1.807, 2.05) is 30.3 Å². The summed E-state index contributed by atoms with van der Waals surface area (Å²) in [5, 5.41) is 9.80. The number of pyridine rings is 1. The molecule has 0 spiro atoms. The maximum absolute atomic E-state index is 12.0. The second-order valence-electron chi connectivity index (χ2n) is 4.48. The molecule has 2 unspecified atom stereocenters. The fraction of sp³-hybridized carbons (Fsp3) is 0.286. The highest BCUT2D eigenvalue weighted by Crippen LogP contribution is 2.18. The lowest BCUT2D eigenvalue weighted by atomic mass is 10.1. The zero-order valence-electron chi connectivity index (χ0n) is 10.6. The lowest BCUT2D eigenvalue weighted by molar-refractivity contribution is -0.140. The lowest BCUT2D eigenvalue weighted by Crippen LogP contribution is -2.18. The number of carboxylic acid groups (broad SMARTS) is 1. The number of carbonyl (C=O) groups is 1. The smallest absolute Gasteiger partial charge is 0.307 e. The predicted molar refractivity (Wildman–Crippen MR) is 75.3 cm³/mol. The van der Waals surface area contributed by atoms with Crippen LogP contribution in [0.4, 0.5) is 0 Å². The van der Waals surface area contributed by atoms with Crippen molar-refractivity contribution in [2.45, 2.75) is 12.7 Å². The molecule has 1 aromatic heterocycles. The van der Waals surface area contributed by atoms with Crippen molar-refractivity contribution in [1.29, 1.82) is 0 Å². The van der Waals surface area contributed by atoms with E-state index in [1.165, 1.54) is 0 Å². The van der Waals surface area contributed by atoms with E-state index in [1.54, 1.807) is 13.1 Å². The average molecular weight is 277 g/mol. The minimum atomic E-state index is -1.19. The van der Waals surface area contributed by atoms with Crippen LogP contribution in [0.25, 0.3) is 10.9 Å². The molecule has 100 valence electrons. The molecule has 0 radical (unpaired) electrons. The summed E-state index contributed by atoms with van der Waals surface area (Å²) in [5.41, 5.74) is 1.81. The number of hydrogen-bond donors (Lipinski definition) is 1. The molecule has 4 nitrogen and oxygen atoms in total. The van der Waals surface area contributed by atoms with E-state index in [9.17, 15) is 9.00 Å². The van der Waals surface area contributed by atoms with E-state index in [0.717, 1.165) is 16.5 Å². The summed E-state index contributed by atoms with van der Waals surface area (Å²) in [6.07, 6.45) is 1.69. The molecule has 0 fully saturated rings. The van der Waals surface area contributed by atoms with Crippen molar-refractivity contribution in [1.82, 2.24) is 4.98 Å². The minimum Gasteiger partial charge on any atom is -0.481 e. The highest BCUT2D eigenvalue weighted by Gasteiger charge is 2.15. The Morgan fingerprint density at radius 3 is 2.84 bits per heavy atom. The first-order valence-electron chi connectivity index (χ1n) is 5.98. The molecule has 2 rings (SSSR count). The number of carboxylic acids is 1. The third kappa shape index (κ3) is 3.38. The van der Waals surface area contributed by atoms with Gasteiger partial charge in [-0.3, -0.25) is 14.0 Å². The maximum atomic E-state index is 12.0. The van der Waals surface area contributed by atoms with Crippen LogP contribution in [0, 0.1) is 5.92 Å². The van der Waals surface area contributed by atoms with Crippen LogP contribution in [0.3, 0.4) is 0 Å². The van der Waals surface area contributed by atoms with Crippen LogP contribution >= 0.6 is 0 Å². The van der Waals surface area contributed by atoms with Gasteiger partial charge >= 0.3 is 5.97 Å². The summed E-state index contributed by atoms with van der Waals surface area (Å²) < 4.78 is 12.0. The van der Waals surface area contributed by atoms with Gasteiger partial charge in [0, 0.05) is 33.9 Å². The van der Waals surface area contributed by atoms with Gasteiger partial charge in [0.2, 0.25) is 0 Å². The molecule has 19 heavy (non-hydrogen) atoms. The molecule has 2 aromatic rings. The van der Waals surface area contributed by atoms with Crippen molar-refractivity contribution in [3.8, 4) is 0 Å². The van der Waals surface area contributed by atoms with E-state index in [0.29, 0.717) is 5.75 Å². The average Bonchev–Trinajstić information content (AvgIpc) is 2.39. The standard InChI is InChI=1S/C14H15NO3S/c1-10(14(16)17)8-19(18)9-11-6-7-15-13-5-3-2-4-12(11)13/h2-7,10H,8-9H2,1H3,(H,16,17). The summed E-state index contributed by atoms with van der Waals surface area (Å²) in [6.45, 7) is 1.57. The number of benzene rings is 1. The fourth-order valence-electron chi connectivity index (χ4n) is 1.86. The number of fused-ring (bicyclic) bond motifs is 1. The Balaban J connectivity index is 2.17. The molecule has 1 aromatic carbocycles. The normalized spacial score (nSPS) is 14.2. The van der Waals surface area contributed by atoms with E-state index >= 15 is 0 Å². The van der Waals surface area contributed by atoms with Crippen LogP contribution in [-0.2, 0) is 21.3 Å². The van der Waals surface area contributed by atoms with Crippen LogP contribution < -0.4 is 0 Å². The minimum absolute atomic E-state index is 0.173. The maximum Gasteiger partial charge on any atom is 0.307 e. The Morgan fingerprint density at radius 1 is 1.37 bits per heavy atom. The Labute approximate surface area is 113 Å². The first-order valence-corrected chi connectivity index (χ1v) is 7.47. The van der Waals surface area contributed by atoms with Crippen molar-refractivity contribution in [2.24, 2.45) is 5.92 Å². The van der Waals surface area contributed by atoms with Gasteiger partial charge in [0.15, 0.2) is 0 Å². The van der Waals surface area contributed by atoms with Gasteiger partial charge < -0.3 is 5.11 Å². The Kier molecular flexibility index (Phi) is 4.27. The summed E-state index contributed by atoms with van der Waals surface area (Å²) >= 11 is 0. The van der Waals surface area contributed by atoms with Gasteiger partial charge in [-0.15, -0.1) is 0 Å². The van der Waals surface area contributed by atoms with Gasteiger partial charge in [-0.1, -0.05) is 25.1 Å². The van der Waals surface area contributed by atoms with Crippen molar-refractivity contribution in [3.63, 3.8) is 0 Å². The molecular formula is C14H15NO3S. The van der Waals surface area contributed by atoms with Crippen LogP contribution in [-0.4, -0.2) is 26.0 Å². The predicted octanol–water partition coefficient (Wildman–Crippen LogP) is 2.20. The first kappa shape index (κ1) is 13.7. The molecule has 5 heteroatoms. The largest absolute Gasteiger partial charge is 0.481 e. The zero-order chi connectivity index (χ0) is 13.8. The molecule has 1 N–H and O–H groups in total. The second-order valence-corrected chi connectivity index (χ2v) is 5.98. The zero-order valence-corrected chi connectivity index (χ0v) is 11.4. The van der Waals surface area contributed by atoms with Crippen molar-refractivity contribution in [2.75, 3.05) is 5.75 Å². The molecule has 2 atom stereocenters. The SMILES string of the molecule is CC(CS(=O)Cc1ccnc2ccccc12)C(=O)O. The van der Waals surface area contributed by atoms with E-state index in [4.69, 9.17) is 5.11 Å². The molecule has 0 amide bonds. The Morgan fingerprint density at radius 2 is 2.11 bits per heavy atom. The summed E-state index contributed by atoms with van der Waals surface area (Å²) in [4.78, 5) is 15.0. The Hall–Kier alpha value is -1.75. The number of aromatic nitrogens is 1. The second kappa shape index (κ2) is 5.93. The third-order valence-electron chi connectivity index (χ3n) is 2.91. The number of rotatable bonds is 5. The van der Waals surface area contributed by atoms with Crippen molar-refractivity contribution < 1.29 is 14.1 Å². The van der Waals surface area contributed by atoms with Crippen LogP contribution in [0.15, 0.2) is 36.5 Å². The van der Waals surface area contributed by atoms with Gasteiger partial charge in [0.1, 0.15) is 0 Å². The highest BCUT2D eigenvalue weighted by atomic mass is 32.2. The molecule has 0 bridgehead atoms. The molecule has 0 aliphatic heterocycles. The van der Waals surface area contributed by atoms with Crippen molar-refractivity contribution in [3.05, 3.63) is 42.1 Å². The van der Waals surface area contributed by atoms with E-state index < -0.39 is 22.7 Å². The third-order valence-corrected chi connectivity index (χ3v) is 4.42. The summed E-state index contributed by atoms with van der Waals surface area (Å²) in [6, 6.07) is 9.50. The number of nitrogens with zero attached hydrogens (tertiary/aromatic N) is 1. The van der Waals surface area contributed by atoms with Gasteiger partial charge in [0.25, 0.3) is 0 Å². The van der Waals surface area contributed by atoms with E-state index in [-0.39, 0.29) is 5.75 Å². The van der Waals surface area contributed by atoms with Crippen LogP contribution in [0.2, 0.25) is 0 Å². The van der Waals surface area contributed by atoms with E-state index in [2.05, 4.69) is 4.98 Å². The van der Waals surface area contributed by atoms with Gasteiger partial charge in [-0.05, 0) is 17.7 Å². The van der Waals surface area contributed by atoms with Crippen LogP contribution in [0.1, 0.15) is 12.5 Å². The molecule has 0 saturated carbocycles. The van der Waals surface area contributed by atoms with Crippen molar-refractivity contribution >= 4 is 27.7 Å².